The summed E-state index contributed by atoms with van der Waals surface area (Å²) < 4.78 is 1.74. The highest BCUT2D eigenvalue weighted by Crippen LogP contribution is 2.06. The Morgan fingerprint density at radius 1 is 1.32 bits per heavy atom. The van der Waals surface area contributed by atoms with Gasteiger partial charge in [-0.15, -0.1) is 0 Å². The predicted octanol–water partition coefficient (Wildman–Crippen LogP) is 2.33. The molecule has 0 aliphatic carbocycles. The molecule has 1 aromatic heterocycles. The number of nitrogens with zero attached hydrogens (tertiary/aromatic N) is 2. The Morgan fingerprint density at radius 3 is 2.74 bits per heavy atom. The van der Waals surface area contributed by atoms with E-state index in [1.807, 2.05) is 0 Å². The number of nitrogen functional groups attached to an aromatic ring is 1. The van der Waals surface area contributed by atoms with Gasteiger partial charge in [0.2, 0.25) is 5.91 Å². The van der Waals surface area contributed by atoms with Crippen LogP contribution in [0, 0.1) is 0 Å². The summed E-state index contributed by atoms with van der Waals surface area (Å²) in [5, 5.41) is 6.96. The first-order valence-electron chi connectivity index (χ1n) is 7.27. The van der Waals surface area contributed by atoms with Gasteiger partial charge in [-0.05, 0) is 6.42 Å². The predicted molar refractivity (Wildman–Crippen MR) is 77.6 cm³/mol. The molecule has 0 saturated carbocycles. The topological polar surface area (TPSA) is 72.9 Å². The number of carbonyl (C=O) groups excluding carboxylic acids is 1. The van der Waals surface area contributed by atoms with Gasteiger partial charge in [0.25, 0.3) is 0 Å². The number of unbranched alkanes of at least 4 members (excludes halogenated alkanes) is 5. The minimum Gasteiger partial charge on any atom is -0.396 e. The number of nitrogens with one attached hydrogen (secondary N) is 1. The summed E-state index contributed by atoms with van der Waals surface area (Å²) in [4.78, 5) is 11.6. The standard InChI is InChI=1S/C14H26N4O/c1-2-3-4-5-6-7-8-14(19)16-9-10-18-12-13(15)11-17-18/h11-12H,2-10,15H2,1H3,(H,16,19). The zero-order valence-corrected chi connectivity index (χ0v) is 11.9. The van der Waals surface area contributed by atoms with Crippen molar-refractivity contribution in [1.29, 1.82) is 0 Å². The fraction of sp³-hybridized carbons (Fsp3) is 0.714. The highest BCUT2D eigenvalue weighted by Gasteiger charge is 2.01. The third-order valence-electron chi connectivity index (χ3n) is 3.07. The van der Waals surface area contributed by atoms with E-state index < -0.39 is 0 Å². The summed E-state index contributed by atoms with van der Waals surface area (Å²) in [6.45, 7) is 3.48. The lowest BCUT2D eigenvalue weighted by Crippen LogP contribution is -2.27. The van der Waals surface area contributed by atoms with E-state index in [2.05, 4.69) is 17.3 Å². The van der Waals surface area contributed by atoms with Crippen molar-refractivity contribution < 1.29 is 4.79 Å². The normalized spacial score (nSPS) is 10.6. The van der Waals surface area contributed by atoms with Crippen LogP contribution in [0.5, 0.6) is 0 Å². The summed E-state index contributed by atoms with van der Waals surface area (Å²) in [5.41, 5.74) is 6.21. The summed E-state index contributed by atoms with van der Waals surface area (Å²) in [7, 11) is 0. The van der Waals surface area contributed by atoms with Gasteiger partial charge in [-0.3, -0.25) is 9.48 Å². The van der Waals surface area contributed by atoms with Gasteiger partial charge in [0.05, 0.1) is 18.4 Å². The lowest BCUT2D eigenvalue weighted by atomic mass is 10.1. The number of carbonyl (C=O) groups is 1. The molecular formula is C14H26N4O. The molecule has 0 bridgehead atoms. The number of aromatic nitrogens is 2. The van der Waals surface area contributed by atoms with Crippen LogP contribution in [0.2, 0.25) is 0 Å². The van der Waals surface area contributed by atoms with E-state index >= 15 is 0 Å². The summed E-state index contributed by atoms with van der Waals surface area (Å²) in [5.74, 6) is 0.135. The molecule has 5 nitrogen and oxygen atoms in total. The maximum absolute atomic E-state index is 11.6. The number of rotatable bonds is 10. The van der Waals surface area contributed by atoms with Crippen molar-refractivity contribution in [2.24, 2.45) is 0 Å². The number of nitrogens with two attached hydrogens (primary N) is 1. The molecule has 0 saturated heterocycles. The number of hydrogen-bond donors (Lipinski definition) is 2. The molecule has 0 atom stereocenters. The molecule has 1 rings (SSSR count). The lowest BCUT2D eigenvalue weighted by Gasteiger charge is -2.05. The zero-order valence-electron chi connectivity index (χ0n) is 11.9. The molecule has 0 aromatic carbocycles. The molecule has 1 amide bonds. The third kappa shape index (κ3) is 7.49. The average Bonchev–Trinajstić information content (AvgIpc) is 2.79. The number of anilines is 1. The highest BCUT2D eigenvalue weighted by atomic mass is 16.1. The zero-order chi connectivity index (χ0) is 13.9. The monoisotopic (exact) mass is 266 g/mol. The van der Waals surface area contributed by atoms with Gasteiger partial charge in [0.1, 0.15) is 0 Å². The van der Waals surface area contributed by atoms with Crippen molar-refractivity contribution in [2.75, 3.05) is 12.3 Å². The van der Waals surface area contributed by atoms with Gasteiger partial charge < -0.3 is 11.1 Å². The molecule has 3 N–H and O–H groups in total. The molecule has 0 unspecified atom stereocenters. The van der Waals surface area contributed by atoms with Gasteiger partial charge in [0.15, 0.2) is 0 Å². The maximum atomic E-state index is 11.6. The van der Waals surface area contributed by atoms with E-state index in [1.54, 1.807) is 17.1 Å². The first-order valence-corrected chi connectivity index (χ1v) is 7.27. The molecule has 1 aromatic rings. The van der Waals surface area contributed by atoms with E-state index in [1.165, 1.54) is 25.7 Å². The van der Waals surface area contributed by atoms with Crippen LogP contribution < -0.4 is 11.1 Å². The smallest absolute Gasteiger partial charge is 0.220 e. The Bertz CT molecular complexity index is 362. The second kappa shape index (κ2) is 9.42. The molecule has 0 aliphatic rings. The molecular weight excluding hydrogens is 240 g/mol. The number of amides is 1. The van der Waals surface area contributed by atoms with Gasteiger partial charge in [-0.2, -0.15) is 5.10 Å². The van der Waals surface area contributed by atoms with E-state index in [0.717, 1.165) is 12.8 Å². The van der Waals surface area contributed by atoms with Crippen LogP contribution in [0.1, 0.15) is 51.9 Å². The van der Waals surface area contributed by atoms with Crippen molar-refractivity contribution in [3.63, 3.8) is 0 Å². The van der Waals surface area contributed by atoms with E-state index in [-0.39, 0.29) is 5.91 Å². The molecule has 5 heteroatoms. The van der Waals surface area contributed by atoms with Crippen LogP contribution in [0.15, 0.2) is 12.4 Å². The SMILES string of the molecule is CCCCCCCCC(=O)NCCn1cc(N)cn1. The third-order valence-corrected chi connectivity index (χ3v) is 3.07. The Morgan fingerprint density at radius 2 is 2.05 bits per heavy atom. The van der Waals surface area contributed by atoms with E-state index in [0.29, 0.717) is 25.2 Å². The first-order chi connectivity index (χ1) is 9.22. The average molecular weight is 266 g/mol. The molecule has 0 aliphatic heterocycles. The molecule has 0 spiro atoms. The fourth-order valence-electron chi connectivity index (χ4n) is 1.97. The highest BCUT2D eigenvalue weighted by molar-refractivity contribution is 5.75. The van der Waals surface area contributed by atoms with Gasteiger partial charge in [-0.25, -0.2) is 0 Å². The second-order valence-electron chi connectivity index (χ2n) is 4.90. The Kier molecular flexibility index (Phi) is 7.70. The van der Waals surface area contributed by atoms with Crippen molar-refractivity contribution in [1.82, 2.24) is 15.1 Å². The van der Waals surface area contributed by atoms with Crippen LogP contribution in [-0.4, -0.2) is 22.2 Å². The Hall–Kier alpha value is -1.52. The maximum Gasteiger partial charge on any atom is 0.220 e. The minimum atomic E-state index is 0.135. The van der Waals surface area contributed by atoms with Crippen LogP contribution in [-0.2, 0) is 11.3 Å². The minimum absolute atomic E-state index is 0.135. The van der Waals surface area contributed by atoms with E-state index in [4.69, 9.17) is 5.73 Å². The van der Waals surface area contributed by atoms with Crippen LogP contribution >= 0.6 is 0 Å². The molecule has 108 valence electrons. The summed E-state index contributed by atoms with van der Waals surface area (Å²) >= 11 is 0. The van der Waals surface area contributed by atoms with Crippen molar-refractivity contribution in [3.05, 3.63) is 12.4 Å². The largest absolute Gasteiger partial charge is 0.396 e. The Labute approximate surface area is 115 Å². The number of hydrogen-bond acceptors (Lipinski definition) is 3. The van der Waals surface area contributed by atoms with Crippen LogP contribution in [0.25, 0.3) is 0 Å². The first kappa shape index (κ1) is 15.5. The quantitative estimate of drug-likeness (QED) is 0.638. The van der Waals surface area contributed by atoms with Gasteiger partial charge >= 0.3 is 0 Å². The Balaban J connectivity index is 1.96. The summed E-state index contributed by atoms with van der Waals surface area (Å²) in [6.07, 6.45) is 11.3. The lowest BCUT2D eigenvalue weighted by molar-refractivity contribution is -0.121. The van der Waals surface area contributed by atoms with Crippen molar-refractivity contribution in [3.8, 4) is 0 Å². The van der Waals surface area contributed by atoms with Crippen molar-refractivity contribution in [2.45, 2.75) is 58.4 Å². The molecule has 1 heterocycles. The van der Waals surface area contributed by atoms with Gasteiger partial charge in [-0.1, -0.05) is 39.0 Å². The van der Waals surface area contributed by atoms with Crippen LogP contribution in [0.3, 0.4) is 0 Å². The second-order valence-corrected chi connectivity index (χ2v) is 4.90. The van der Waals surface area contributed by atoms with Crippen LogP contribution in [0.4, 0.5) is 5.69 Å². The van der Waals surface area contributed by atoms with Gasteiger partial charge in [0, 0.05) is 19.2 Å². The molecule has 19 heavy (non-hydrogen) atoms. The fourth-order valence-corrected chi connectivity index (χ4v) is 1.97. The summed E-state index contributed by atoms with van der Waals surface area (Å²) in [6, 6.07) is 0. The van der Waals surface area contributed by atoms with Crippen molar-refractivity contribution >= 4 is 11.6 Å². The van der Waals surface area contributed by atoms with E-state index in [9.17, 15) is 4.79 Å². The molecule has 0 fully saturated rings. The molecule has 0 radical (unpaired) electrons.